The molecular formula is C33H37FN6O. The van der Waals surface area contributed by atoms with Gasteiger partial charge in [-0.15, -0.1) is 0 Å². The Morgan fingerprint density at radius 1 is 0.854 bits per heavy atom. The fraction of sp³-hybridized carbons (Fsp3) is 0.394. The van der Waals surface area contributed by atoms with Gasteiger partial charge in [-0.3, -0.25) is 4.79 Å². The lowest BCUT2D eigenvalue weighted by molar-refractivity contribution is -0.134. The number of fused-ring (bicyclic) bond motifs is 1. The molecule has 1 amide bonds. The van der Waals surface area contributed by atoms with Crippen LogP contribution in [0.25, 0.3) is 16.6 Å². The number of aromatic nitrogens is 2. The second-order valence-corrected chi connectivity index (χ2v) is 11.6. The fourth-order valence-electron chi connectivity index (χ4n) is 6.60. The van der Waals surface area contributed by atoms with Crippen LogP contribution in [0.2, 0.25) is 0 Å². The summed E-state index contributed by atoms with van der Waals surface area (Å²) in [5, 5.41) is 4.60. The Kier molecular flexibility index (Phi) is 6.66. The van der Waals surface area contributed by atoms with Gasteiger partial charge in [0.15, 0.2) is 0 Å². The Labute approximate surface area is 240 Å². The summed E-state index contributed by atoms with van der Waals surface area (Å²) < 4.78 is 15.8. The Morgan fingerprint density at radius 2 is 1.59 bits per heavy atom. The summed E-state index contributed by atoms with van der Waals surface area (Å²) in [5.74, 6) is -0.135. The van der Waals surface area contributed by atoms with Crippen molar-refractivity contribution in [2.45, 2.75) is 25.2 Å². The van der Waals surface area contributed by atoms with Crippen molar-refractivity contribution in [2.75, 3.05) is 68.7 Å². The monoisotopic (exact) mass is 552 g/mol. The zero-order valence-corrected chi connectivity index (χ0v) is 23.7. The average molecular weight is 553 g/mol. The molecule has 0 N–H and O–H groups in total. The smallest absolute Gasteiger partial charge is 0.233 e. The van der Waals surface area contributed by atoms with Crippen LogP contribution < -0.4 is 9.80 Å². The van der Waals surface area contributed by atoms with Gasteiger partial charge in [0.2, 0.25) is 5.91 Å². The SMILES string of the molecule is CCN1CCN(c2ccc(-c3cc4c(N5CCN(C(=O)C6(c7cccc(F)c7)CC6)CC5)ccnn4c3)cc2)CC1. The molecule has 2 saturated heterocycles. The van der Waals surface area contributed by atoms with E-state index in [1.807, 2.05) is 21.7 Å². The first-order valence-electron chi connectivity index (χ1n) is 14.9. The molecule has 2 aliphatic heterocycles. The predicted octanol–water partition coefficient (Wildman–Crippen LogP) is 4.66. The normalized spacial score (nSPS) is 19.1. The van der Waals surface area contributed by atoms with E-state index in [0.717, 1.165) is 81.0 Å². The number of likely N-dealkylation sites (N-methyl/N-ethyl adjacent to an activating group) is 1. The first-order valence-corrected chi connectivity index (χ1v) is 14.9. The lowest BCUT2D eigenvalue weighted by Gasteiger charge is -2.38. The summed E-state index contributed by atoms with van der Waals surface area (Å²) in [7, 11) is 0. The number of carbonyl (C=O) groups excluding carboxylic acids is 1. The van der Waals surface area contributed by atoms with Crippen molar-refractivity contribution in [2.24, 2.45) is 0 Å². The van der Waals surface area contributed by atoms with Crippen molar-refractivity contribution in [1.29, 1.82) is 0 Å². The molecule has 2 aromatic carbocycles. The van der Waals surface area contributed by atoms with Crippen LogP contribution in [-0.4, -0.2) is 84.2 Å². The molecule has 8 heteroatoms. The molecule has 2 aromatic heterocycles. The van der Waals surface area contributed by atoms with Crippen LogP contribution in [-0.2, 0) is 10.2 Å². The van der Waals surface area contributed by atoms with E-state index in [-0.39, 0.29) is 11.7 Å². The third-order valence-electron chi connectivity index (χ3n) is 9.32. The van der Waals surface area contributed by atoms with Gasteiger partial charge in [0.25, 0.3) is 0 Å². The quantitative estimate of drug-likeness (QED) is 0.348. The first-order chi connectivity index (χ1) is 20.0. The predicted molar refractivity (Wildman–Crippen MR) is 161 cm³/mol. The van der Waals surface area contributed by atoms with Gasteiger partial charge in [-0.05, 0) is 66.9 Å². The molecule has 0 atom stereocenters. The van der Waals surface area contributed by atoms with Crippen molar-refractivity contribution in [1.82, 2.24) is 19.4 Å². The summed E-state index contributed by atoms with van der Waals surface area (Å²) >= 11 is 0. The Bertz CT molecular complexity index is 1550. The molecule has 212 valence electrons. The second kappa shape index (κ2) is 10.5. The molecule has 4 heterocycles. The highest BCUT2D eigenvalue weighted by molar-refractivity contribution is 5.91. The zero-order valence-electron chi connectivity index (χ0n) is 23.7. The van der Waals surface area contributed by atoms with E-state index in [9.17, 15) is 9.18 Å². The highest BCUT2D eigenvalue weighted by Crippen LogP contribution is 2.50. The second-order valence-electron chi connectivity index (χ2n) is 11.6. The first kappa shape index (κ1) is 26.0. The highest BCUT2D eigenvalue weighted by Gasteiger charge is 2.53. The van der Waals surface area contributed by atoms with Gasteiger partial charge in [-0.25, -0.2) is 8.91 Å². The third kappa shape index (κ3) is 4.84. The van der Waals surface area contributed by atoms with Gasteiger partial charge in [-0.1, -0.05) is 31.2 Å². The van der Waals surface area contributed by atoms with E-state index in [4.69, 9.17) is 0 Å². The van der Waals surface area contributed by atoms with Crippen molar-refractivity contribution in [3.05, 3.63) is 84.4 Å². The van der Waals surface area contributed by atoms with Crippen molar-refractivity contribution in [3.63, 3.8) is 0 Å². The minimum atomic E-state index is -0.538. The van der Waals surface area contributed by atoms with Crippen molar-refractivity contribution >= 4 is 22.8 Å². The van der Waals surface area contributed by atoms with Crippen LogP contribution >= 0.6 is 0 Å². The molecule has 3 fully saturated rings. The number of anilines is 2. The summed E-state index contributed by atoms with van der Waals surface area (Å²) in [6.45, 7) is 10.6. The minimum absolute atomic E-state index is 0.142. The van der Waals surface area contributed by atoms with E-state index >= 15 is 0 Å². The maximum absolute atomic E-state index is 13.9. The van der Waals surface area contributed by atoms with Gasteiger partial charge < -0.3 is 19.6 Å². The number of carbonyl (C=O) groups is 1. The molecule has 4 aromatic rings. The summed E-state index contributed by atoms with van der Waals surface area (Å²) in [6, 6.07) is 19.8. The van der Waals surface area contributed by atoms with Crippen LogP contribution in [0.15, 0.2) is 73.1 Å². The standard InChI is InChI=1S/C33H37FN6O/c1-2-36-14-16-37(17-15-36)29-8-6-25(7-9-29)26-22-31-30(10-13-35-40(31)24-26)38-18-20-39(21-19-38)32(41)33(11-12-33)27-4-3-5-28(34)23-27/h3-10,13,22-24H,2,11-12,14-21H2,1H3. The Hall–Kier alpha value is -3.91. The average Bonchev–Trinajstić information content (AvgIpc) is 3.72. The number of halogens is 1. The van der Waals surface area contributed by atoms with Crippen LogP contribution in [0.1, 0.15) is 25.3 Å². The van der Waals surface area contributed by atoms with Gasteiger partial charge in [-0.2, -0.15) is 5.10 Å². The lowest BCUT2D eigenvalue weighted by Crippen LogP contribution is -2.51. The number of hydrogen-bond donors (Lipinski definition) is 0. The number of nitrogens with zero attached hydrogens (tertiary/aromatic N) is 6. The number of amides is 1. The molecule has 7 rings (SSSR count). The Morgan fingerprint density at radius 3 is 2.27 bits per heavy atom. The van der Waals surface area contributed by atoms with Gasteiger partial charge >= 0.3 is 0 Å². The summed E-state index contributed by atoms with van der Waals surface area (Å²) in [5.41, 5.74) is 6.09. The van der Waals surface area contributed by atoms with Crippen LogP contribution in [0, 0.1) is 5.82 Å². The van der Waals surface area contributed by atoms with Crippen LogP contribution in [0.5, 0.6) is 0 Å². The molecule has 7 nitrogen and oxygen atoms in total. The molecule has 0 radical (unpaired) electrons. The number of hydrogen-bond acceptors (Lipinski definition) is 5. The van der Waals surface area contributed by atoms with E-state index in [0.29, 0.717) is 13.1 Å². The van der Waals surface area contributed by atoms with E-state index in [1.165, 1.54) is 23.4 Å². The Balaban J connectivity index is 1.04. The van der Waals surface area contributed by atoms with Gasteiger partial charge in [0, 0.05) is 76.0 Å². The van der Waals surface area contributed by atoms with Crippen molar-refractivity contribution in [3.8, 4) is 11.1 Å². The molecule has 3 aliphatic rings. The zero-order chi connectivity index (χ0) is 28.0. The number of rotatable bonds is 6. The molecule has 1 saturated carbocycles. The van der Waals surface area contributed by atoms with E-state index in [1.54, 1.807) is 6.07 Å². The summed E-state index contributed by atoms with van der Waals surface area (Å²) in [4.78, 5) is 22.8. The largest absolute Gasteiger partial charge is 0.369 e. The highest BCUT2D eigenvalue weighted by atomic mass is 19.1. The molecular weight excluding hydrogens is 515 g/mol. The summed E-state index contributed by atoms with van der Waals surface area (Å²) in [6.07, 6.45) is 5.54. The van der Waals surface area contributed by atoms with Crippen molar-refractivity contribution < 1.29 is 9.18 Å². The number of piperazine rings is 2. The maximum atomic E-state index is 13.9. The van der Waals surface area contributed by atoms with Gasteiger partial charge in [0.05, 0.1) is 16.6 Å². The molecule has 0 unspecified atom stereocenters. The molecule has 0 spiro atoms. The maximum Gasteiger partial charge on any atom is 0.233 e. The molecule has 0 bridgehead atoms. The minimum Gasteiger partial charge on any atom is -0.369 e. The van der Waals surface area contributed by atoms with E-state index in [2.05, 4.69) is 69.3 Å². The number of benzene rings is 2. The van der Waals surface area contributed by atoms with Crippen LogP contribution in [0.4, 0.5) is 15.8 Å². The van der Waals surface area contributed by atoms with Gasteiger partial charge in [0.1, 0.15) is 5.82 Å². The molecule has 1 aliphatic carbocycles. The van der Waals surface area contributed by atoms with E-state index < -0.39 is 5.41 Å². The van der Waals surface area contributed by atoms with Crippen LogP contribution in [0.3, 0.4) is 0 Å². The fourth-order valence-corrected chi connectivity index (χ4v) is 6.60. The molecule has 41 heavy (non-hydrogen) atoms. The lowest BCUT2D eigenvalue weighted by atomic mass is 9.94. The topological polar surface area (TPSA) is 47.3 Å². The third-order valence-corrected chi connectivity index (χ3v) is 9.32.